The third-order valence-electron chi connectivity index (χ3n) is 3.87. The monoisotopic (exact) mass is 287 g/mol. The first kappa shape index (κ1) is 16.3. The minimum absolute atomic E-state index is 0.00116. The Balaban J connectivity index is 2.54. The summed E-state index contributed by atoms with van der Waals surface area (Å²) in [5.74, 6) is 0.00116. The van der Waals surface area contributed by atoms with Gasteiger partial charge in [-0.25, -0.2) is 0 Å². The van der Waals surface area contributed by atoms with E-state index in [1.54, 1.807) is 7.11 Å². The number of hydrogen-bond donors (Lipinski definition) is 2. The number of nitrogens with one attached hydrogen (secondary N) is 1. The summed E-state index contributed by atoms with van der Waals surface area (Å²) in [5.41, 5.74) is 5.35. The molecule has 1 aliphatic rings. The number of ether oxygens (including phenoxy) is 1. The Hall–Kier alpha value is -0.720. The molecule has 0 aliphatic carbocycles. The SMILES string of the molecule is COC(C)CCC(=O)NC1(C(N)=S)CCN(C)CC1. The highest BCUT2D eigenvalue weighted by molar-refractivity contribution is 7.80. The lowest BCUT2D eigenvalue weighted by atomic mass is 9.87. The standard InChI is InChI=1S/C13H25N3O2S/c1-10(18-3)4-5-11(17)15-13(12(14)19)6-8-16(2)9-7-13/h10H,4-9H2,1-3H3,(H2,14,19)(H,15,17). The second kappa shape index (κ2) is 7.17. The van der Waals surface area contributed by atoms with E-state index >= 15 is 0 Å². The first-order valence-electron chi connectivity index (χ1n) is 6.72. The minimum atomic E-state index is -0.505. The quantitative estimate of drug-likeness (QED) is 0.703. The summed E-state index contributed by atoms with van der Waals surface area (Å²) < 4.78 is 5.14. The molecule has 1 saturated heterocycles. The Kier molecular flexibility index (Phi) is 6.16. The van der Waals surface area contributed by atoms with E-state index in [-0.39, 0.29) is 12.0 Å². The molecule has 3 N–H and O–H groups in total. The summed E-state index contributed by atoms with van der Waals surface area (Å²) in [6.07, 6.45) is 2.80. The van der Waals surface area contributed by atoms with Crippen molar-refractivity contribution < 1.29 is 9.53 Å². The molecule has 0 saturated carbocycles. The van der Waals surface area contributed by atoms with Gasteiger partial charge in [-0.2, -0.15) is 0 Å². The molecule has 110 valence electrons. The lowest BCUT2D eigenvalue weighted by molar-refractivity contribution is -0.123. The fourth-order valence-electron chi connectivity index (χ4n) is 2.21. The zero-order chi connectivity index (χ0) is 14.5. The van der Waals surface area contributed by atoms with Crippen molar-refractivity contribution in [1.82, 2.24) is 10.2 Å². The van der Waals surface area contributed by atoms with E-state index in [4.69, 9.17) is 22.7 Å². The van der Waals surface area contributed by atoms with E-state index in [1.165, 1.54) is 0 Å². The van der Waals surface area contributed by atoms with Gasteiger partial charge in [-0.05, 0) is 33.2 Å². The number of thiocarbonyl (C=S) groups is 1. The van der Waals surface area contributed by atoms with Gasteiger partial charge in [0.15, 0.2) is 0 Å². The number of methoxy groups -OCH3 is 1. The predicted octanol–water partition coefficient (Wildman–Crippen LogP) is 0.668. The molecular formula is C13H25N3O2S. The fraction of sp³-hybridized carbons (Fsp3) is 0.846. The molecule has 1 unspecified atom stereocenters. The maximum absolute atomic E-state index is 12.0. The Morgan fingerprint density at radius 3 is 2.58 bits per heavy atom. The number of nitrogens with zero attached hydrogens (tertiary/aromatic N) is 1. The van der Waals surface area contributed by atoms with Gasteiger partial charge in [-0.15, -0.1) is 0 Å². The molecule has 1 atom stereocenters. The van der Waals surface area contributed by atoms with E-state index < -0.39 is 5.54 Å². The average Bonchev–Trinajstić information content (AvgIpc) is 2.38. The number of carbonyl (C=O) groups is 1. The molecule has 1 heterocycles. The van der Waals surface area contributed by atoms with Gasteiger partial charge < -0.3 is 20.7 Å². The van der Waals surface area contributed by atoms with Crippen molar-refractivity contribution in [2.45, 2.75) is 44.2 Å². The molecule has 1 rings (SSSR count). The highest BCUT2D eigenvalue weighted by atomic mass is 32.1. The van der Waals surface area contributed by atoms with Crippen LogP contribution in [0.3, 0.4) is 0 Å². The van der Waals surface area contributed by atoms with Crippen LogP contribution in [0.25, 0.3) is 0 Å². The van der Waals surface area contributed by atoms with Crippen molar-refractivity contribution in [2.75, 3.05) is 27.2 Å². The van der Waals surface area contributed by atoms with Crippen molar-refractivity contribution >= 4 is 23.1 Å². The molecular weight excluding hydrogens is 262 g/mol. The summed E-state index contributed by atoms with van der Waals surface area (Å²) in [4.78, 5) is 14.6. The number of amides is 1. The second-order valence-corrected chi connectivity index (χ2v) is 5.82. The summed E-state index contributed by atoms with van der Waals surface area (Å²) in [6, 6.07) is 0. The topological polar surface area (TPSA) is 67.6 Å². The highest BCUT2D eigenvalue weighted by Gasteiger charge is 2.37. The highest BCUT2D eigenvalue weighted by Crippen LogP contribution is 2.22. The molecule has 1 amide bonds. The van der Waals surface area contributed by atoms with Gasteiger partial charge in [0.2, 0.25) is 5.91 Å². The summed E-state index contributed by atoms with van der Waals surface area (Å²) in [7, 11) is 3.71. The Labute approximate surface area is 120 Å². The number of rotatable bonds is 6. The largest absolute Gasteiger partial charge is 0.391 e. The molecule has 19 heavy (non-hydrogen) atoms. The van der Waals surface area contributed by atoms with Crippen molar-refractivity contribution in [2.24, 2.45) is 5.73 Å². The number of carbonyl (C=O) groups excluding carboxylic acids is 1. The van der Waals surface area contributed by atoms with Crippen molar-refractivity contribution in [3.8, 4) is 0 Å². The van der Waals surface area contributed by atoms with Crippen LogP contribution in [0.2, 0.25) is 0 Å². The van der Waals surface area contributed by atoms with Gasteiger partial charge in [0, 0.05) is 26.6 Å². The van der Waals surface area contributed by atoms with Crippen molar-refractivity contribution in [1.29, 1.82) is 0 Å². The first-order chi connectivity index (χ1) is 8.89. The predicted molar refractivity (Wildman–Crippen MR) is 80.1 cm³/mol. The number of nitrogens with two attached hydrogens (primary N) is 1. The number of likely N-dealkylation sites (tertiary alicyclic amines) is 1. The van der Waals surface area contributed by atoms with E-state index in [1.807, 2.05) is 6.92 Å². The lowest BCUT2D eigenvalue weighted by Crippen LogP contribution is -2.61. The molecule has 5 nitrogen and oxygen atoms in total. The molecule has 1 fully saturated rings. The van der Waals surface area contributed by atoms with Crippen molar-refractivity contribution in [3.05, 3.63) is 0 Å². The zero-order valence-electron chi connectivity index (χ0n) is 12.1. The Morgan fingerprint density at radius 2 is 2.11 bits per heavy atom. The molecule has 0 spiro atoms. The van der Waals surface area contributed by atoms with Crippen LogP contribution in [0.1, 0.15) is 32.6 Å². The summed E-state index contributed by atoms with van der Waals surface area (Å²) in [6.45, 7) is 3.74. The maximum atomic E-state index is 12.0. The summed E-state index contributed by atoms with van der Waals surface area (Å²) >= 11 is 5.16. The van der Waals surface area contributed by atoms with E-state index in [9.17, 15) is 4.79 Å². The van der Waals surface area contributed by atoms with Crippen LogP contribution in [-0.2, 0) is 9.53 Å². The van der Waals surface area contributed by atoms with Crippen LogP contribution in [0.4, 0.5) is 0 Å². The van der Waals surface area contributed by atoms with Gasteiger partial charge in [-0.1, -0.05) is 12.2 Å². The van der Waals surface area contributed by atoms with Gasteiger partial charge >= 0.3 is 0 Å². The van der Waals surface area contributed by atoms with E-state index in [0.717, 1.165) is 25.9 Å². The minimum Gasteiger partial charge on any atom is -0.391 e. The molecule has 0 aromatic heterocycles. The molecule has 0 aromatic carbocycles. The maximum Gasteiger partial charge on any atom is 0.220 e. The van der Waals surface area contributed by atoms with Crippen LogP contribution in [0, 0.1) is 0 Å². The van der Waals surface area contributed by atoms with Crippen LogP contribution >= 0.6 is 12.2 Å². The van der Waals surface area contributed by atoms with Gasteiger partial charge in [0.05, 0.1) is 16.6 Å². The van der Waals surface area contributed by atoms with Crippen LogP contribution < -0.4 is 11.1 Å². The lowest BCUT2D eigenvalue weighted by Gasteiger charge is -2.40. The van der Waals surface area contributed by atoms with Gasteiger partial charge in [0.25, 0.3) is 0 Å². The molecule has 0 bridgehead atoms. The van der Waals surface area contributed by atoms with Gasteiger partial charge in [0.1, 0.15) is 0 Å². The third-order valence-corrected chi connectivity index (χ3v) is 4.26. The second-order valence-electron chi connectivity index (χ2n) is 5.38. The van der Waals surface area contributed by atoms with Crippen LogP contribution in [0.5, 0.6) is 0 Å². The zero-order valence-corrected chi connectivity index (χ0v) is 12.9. The molecule has 6 heteroatoms. The Bertz CT molecular complexity index is 328. The normalized spacial score (nSPS) is 20.8. The summed E-state index contributed by atoms with van der Waals surface area (Å²) in [5, 5.41) is 3.04. The van der Waals surface area contributed by atoms with Crippen molar-refractivity contribution in [3.63, 3.8) is 0 Å². The first-order valence-corrected chi connectivity index (χ1v) is 7.13. The number of hydrogen-bond acceptors (Lipinski definition) is 4. The van der Waals surface area contributed by atoms with E-state index in [0.29, 0.717) is 17.8 Å². The van der Waals surface area contributed by atoms with Crippen LogP contribution in [0.15, 0.2) is 0 Å². The molecule has 0 aromatic rings. The average molecular weight is 287 g/mol. The number of piperidine rings is 1. The fourth-order valence-corrected chi connectivity index (χ4v) is 2.47. The van der Waals surface area contributed by atoms with Gasteiger partial charge in [-0.3, -0.25) is 4.79 Å². The smallest absolute Gasteiger partial charge is 0.220 e. The third kappa shape index (κ3) is 4.71. The molecule has 0 radical (unpaired) electrons. The van der Waals surface area contributed by atoms with E-state index in [2.05, 4.69) is 17.3 Å². The van der Waals surface area contributed by atoms with Crippen LogP contribution in [-0.4, -0.2) is 54.7 Å². The molecule has 1 aliphatic heterocycles. The Morgan fingerprint density at radius 1 is 1.53 bits per heavy atom.